The van der Waals surface area contributed by atoms with Crippen molar-refractivity contribution in [3.05, 3.63) is 35.4 Å². The van der Waals surface area contributed by atoms with Crippen molar-refractivity contribution in [1.82, 2.24) is 4.90 Å². The summed E-state index contributed by atoms with van der Waals surface area (Å²) in [4.78, 5) is 13.5. The molecule has 0 fully saturated rings. The van der Waals surface area contributed by atoms with Crippen LogP contribution in [0.1, 0.15) is 18.1 Å². The van der Waals surface area contributed by atoms with Crippen molar-refractivity contribution in [2.24, 2.45) is 5.73 Å². The molecular weight excluding hydrogens is 224 g/mol. The van der Waals surface area contributed by atoms with Crippen LogP contribution >= 0.6 is 12.4 Å². The van der Waals surface area contributed by atoms with Gasteiger partial charge in [0.2, 0.25) is 5.91 Å². The first-order valence-corrected chi connectivity index (χ1v) is 5.29. The van der Waals surface area contributed by atoms with Gasteiger partial charge in [-0.3, -0.25) is 4.79 Å². The summed E-state index contributed by atoms with van der Waals surface area (Å²) in [6, 6.07) is 7.87. The van der Waals surface area contributed by atoms with E-state index in [1.54, 1.807) is 6.92 Å². The molecule has 1 aliphatic rings. The smallest absolute Gasteiger partial charge is 0.239 e. The molecule has 0 saturated heterocycles. The lowest BCUT2D eigenvalue weighted by atomic mass is 9.99. The van der Waals surface area contributed by atoms with Crippen LogP contribution in [-0.2, 0) is 17.8 Å². The van der Waals surface area contributed by atoms with Gasteiger partial charge in [0, 0.05) is 13.1 Å². The van der Waals surface area contributed by atoms with Gasteiger partial charge < -0.3 is 10.6 Å². The van der Waals surface area contributed by atoms with Crippen LogP contribution in [0.3, 0.4) is 0 Å². The van der Waals surface area contributed by atoms with Gasteiger partial charge in [0.05, 0.1) is 6.04 Å². The minimum atomic E-state index is -0.393. The quantitative estimate of drug-likeness (QED) is 0.805. The highest BCUT2D eigenvalue weighted by Gasteiger charge is 2.22. The molecule has 0 radical (unpaired) electrons. The molecule has 0 aliphatic carbocycles. The highest BCUT2D eigenvalue weighted by Crippen LogP contribution is 2.18. The lowest BCUT2D eigenvalue weighted by Gasteiger charge is -2.30. The third kappa shape index (κ3) is 2.54. The van der Waals surface area contributed by atoms with E-state index < -0.39 is 6.04 Å². The first-order valence-electron chi connectivity index (χ1n) is 5.29. The van der Waals surface area contributed by atoms with Gasteiger partial charge >= 0.3 is 0 Å². The van der Waals surface area contributed by atoms with E-state index in [0.717, 1.165) is 13.0 Å². The van der Waals surface area contributed by atoms with Gasteiger partial charge in [0.15, 0.2) is 0 Å². The molecule has 0 aromatic heterocycles. The van der Waals surface area contributed by atoms with Crippen LogP contribution in [0.15, 0.2) is 24.3 Å². The third-order valence-electron chi connectivity index (χ3n) is 2.83. The predicted octanol–water partition coefficient (Wildman–Crippen LogP) is 1.34. The maximum atomic E-state index is 11.7. The molecule has 4 heteroatoms. The van der Waals surface area contributed by atoms with Crippen molar-refractivity contribution in [3.8, 4) is 0 Å². The zero-order valence-corrected chi connectivity index (χ0v) is 10.2. The third-order valence-corrected chi connectivity index (χ3v) is 2.83. The van der Waals surface area contributed by atoms with Crippen molar-refractivity contribution < 1.29 is 4.79 Å². The number of hydrogen-bond acceptors (Lipinski definition) is 2. The predicted molar refractivity (Wildman–Crippen MR) is 66.5 cm³/mol. The monoisotopic (exact) mass is 240 g/mol. The number of benzene rings is 1. The summed E-state index contributed by atoms with van der Waals surface area (Å²) in [5.41, 5.74) is 8.20. The van der Waals surface area contributed by atoms with Crippen molar-refractivity contribution in [1.29, 1.82) is 0 Å². The first-order chi connectivity index (χ1) is 7.18. The van der Waals surface area contributed by atoms with Crippen molar-refractivity contribution >= 4 is 18.3 Å². The number of amides is 1. The van der Waals surface area contributed by atoms with E-state index in [2.05, 4.69) is 12.1 Å². The molecule has 3 nitrogen and oxygen atoms in total. The van der Waals surface area contributed by atoms with Crippen molar-refractivity contribution in [3.63, 3.8) is 0 Å². The number of carbonyl (C=O) groups excluding carboxylic acids is 1. The van der Waals surface area contributed by atoms with Gasteiger partial charge in [0.1, 0.15) is 0 Å². The molecule has 2 rings (SSSR count). The van der Waals surface area contributed by atoms with Crippen molar-refractivity contribution in [2.45, 2.75) is 25.9 Å². The van der Waals surface area contributed by atoms with E-state index in [4.69, 9.17) is 5.73 Å². The van der Waals surface area contributed by atoms with E-state index in [9.17, 15) is 4.79 Å². The Balaban J connectivity index is 0.00000128. The SMILES string of the molecule is CC(N)C(=O)N1CCc2ccccc2C1.Cl. The van der Waals surface area contributed by atoms with E-state index in [-0.39, 0.29) is 18.3 Å². The van der Waals surface area contributed by atoms with Crippen LogP contribution in [0, 0.1) is 0 Å². The second-order valence-corrected chi connectivity index (χ2v) is 4.07. The highest BCUT2D eigenvalue weighted by molar-refractivity contribution is 5.85. The molecule has 0 saturated carbocycles. The number of fused-ring (bicyclic) bond motifs is 1. The fourth-order valence-electron chi connectivity index (χ4n) is 1.97. The second-order valence-electron chi connectivity index (χ2n) is 4.07. The van der Waals surface area contributed by atoms with Crippen molar-refractivity contribution in [2.75, 3.05) is 6.54 Å². The Labute approximate surface area is 102 Å². The zero-order valence-electron chi connectivity index (χ0n) is 9.35. The van der Waals surface area contributed by atoms with Gasteiger partial charge in [-0.15, -0.1) is 12.4 Å². The van der Waals surface area contributed by atoms with Gasteiger partial charge in [-0.1, -0.05) is 24.3 Å². The minimum Gasteiger partial charge on any atom is -0.337 e. The minimum absolute atomic E-state index is 0. The molecule has 16 heavy (non-hydrogen) atoms. The lowest BCUT2D eigenvalue weighted by molar-refractivity contribution is -0.133. The average Bonchev–Trinajstić information content (AvgIpc) is 2.27. The number of halogens is 1. The summed E-state index contributed by atoms with van der Waals surface area (Å²) < 4.78 is 0. The molecule has 1 unspecified atom stereocenters. The largest absolute Gasteiger partial charge is 0.337 e. The van der Waals surface area contributed by atoms with Crippen LogP contribution in [0.4, 0.5) is 0 Å². The first kappa shape index (κ1) is 13.0. The average molecular weight is 241 g/mol. The molecule has 2 N–H and O–H groups in total. The molecule has 0 bridgehead atoms. The normalized spacial score (nSPS) is 16.0. The van der Waals surface area contributed by atoms with E-state index in [1.165, 1.54) is 11.1 Å². The summed E-state index contributed by atoms with van der Waals surface area (Å²) in [5, 5.41) is 0. The summed E-state index contributed by atoms with van der Waals surface area (Å²) >= 11 is 0. The van der Waals surface area contributed by atoms with Gasteiger partial charge in [-0.2, -0.15) is 0 Å². The maximum Gasteiger partial charge on any atom is 0.239 e. The van der Waals surface area contributed by atoms with E-state index in [1.807, 2.05) is 17.0 Å². The summed E-state index contributed by atoms with van der Waals surface area (Å²) in [6.45, 7) is 3.23. The number of nitrogens with zero attached hydrogens (tertiary/aromatic N) is 1. The van der Waals surface area contributed by atoms with E-state index in [0.29, 0.717) is 6.54 Å². The summed E-state index contributed by atoms with van der Waals surface area (Å²) in [6.07, 6.45) is 0.939. The molecule has 1 aromatic rings. The Morgan fingerprint density at radius 1 is 1.38 bits per heavy atom. The fraction of sp³-hybridized carbons (Fsp3) is 0.417. The zero-order chi connectivity index (χ0) is 10.8. The summed E-state index contributed by atoms with van der Waals surface area (Å²) in [7, 11) is 0. The molecule has 88 valence electrons. The standard InChI is InChI=1S/C12H16N2O.ClH/c1-9(13)12(15)14-7-6-10-4-2-3-5-11(10)8-14;/h2-5,9H,6-8,13H2,1H3;1H. The molecule has 1 aromatic carbocycles. The van der Waals surface area contributed by atoms with Crippen LogP contribution in [-0.4, -0.2) is 23.4 Å². The fourth-order valence-corrected chi connectivity index (χ4v) is 1.97. The molecule has 1 aliphatic heterocycles. The van der Waals surface area contributed by atoms with E-state index >= 15 is 0 Å². The van der Waals surface area contributed by atoms with Crippen LogP contribution in [0.2, 0.25) is 0 Å². The molecule has 0 spiro atoms. The van der Waals surface area contributed by atoms with Gasteiger partial charge in [-0.25, -0.2) is 0 Å². The molecule has 1 atom stereocenters. The van der Waals surface area contributed by atoms with Crippen LogP contribution in [0.25, 0.3) is 0 Å². The molecule has 1 heterocycles. The lowest BCUT2D eigenvalue weighted by Crippen LogP contribution is -2.44. The van der Waals surface area contributed by atoms with Gasteiger partial charge in [-0.05, 0) is 24.5 Å². The molecular formula is C12H17ClN2O. The Kier molecular flexibility index (Phi) is 4.33. The number of nitrogens with two attached hydrogens (primary N) is 1. The Bertz CT molecular complexity index is 379. The Morgan fingerprint density at radius 3 is 2.62 bits per heavy atom. The van der Waals surface area contributed by atoms with Crippen LogP contribution in [0.5, 0.6) is 0 Å². The summed E-state index contributed by atoms with van der Waals surface area (Å²) in [5.74, 6) is 0.0458. The highest BCUT2D eigenvalue weighted by atomic mass is 35.5. The number of hydrogen-bond donors (Lipinski definition) is 1. The number of rotatable bonds is 1. The second kappa shape index (κ2) is 5.32. The van der Waals surface area contributed by atoms with Gasteiger partial charge in [0.25, 0.3) is 0 Å². The maximum absolute atomic E-state index is 11.7. The Hall–Kier alpha value is -1.06. The van der Waals surface area contributed by atoms with Crippen LogP contribution < -0.4 is 5.73 Å². The molecule has 1 amide bonds. The topological polar surface area (TPSA) is 46.3 Å². The Morgan fingerprint density at radius 2 is 2.00 bits per heavy atom. The number of carbonyl (C=O) groups is 1.